The maximum atomic E-state index is 13.8. The third kappa shape index (κ3) is 2.53. The molecule has 0 atom stereocenters. The fraction of sp³-hybridized carbons (Fsp3) is 0.500. The first-order chi connectivity index (χ1) is 8.40. The first-order valence-electron chi connectivity index (χ1n) is 6.17. The Hall–Kier alpha value is -1.42. The van der Waals surface area contributed by atoms with Gasteiger partial charge in [-0.3, -0.25) is 4.90 Å². The van der Waals surface area contributed by atoms with Crippen LogP contribution >= 0.6 is 0 Å². The van der Waals surface area contributed by atoms with Crippen molar-refractivity contribution >= 4 is 5.97 Å². The third-order valence-corrected chi connectivity index (χ3v) is 3.73. The molecule has 1 fully saturated rings. The zero-order chi connectivity index (χ0) is 13.3. The number of hydrogen-bond acceptors (Lipinski definition) is 2. The molecule has 1 N–H and O–H groups in total. The first-order valence-corrected chi connectivity index (χ1v) is 6.17. The molecular weight excluding hydrogens is 233 g/mol. The van der Waals surface area contributed by atoms with Gasteiger partial charge < -0.3 is 5.11 Å². The van der Waals surface area contributed by atoms with Crippen molar-refractivity contribution in [2.24, 2.45) is 0 Å². The van der Waals surface area contributed by atoms with Gasteiger partial charge in [-0.1, -0.05) is 6.07 Å². The Bertz CT molecular complexity index is 471. The van der Waals surface area contributed by atoms with E-state index in [9.17, 15) is 9.18 Å². The monoisotopic (exact) mass is 251 g/mol. The molecule has 2 rings (SSSR count). The maximum absolute atomic E-state index is 13.8. The van der Waals surface area contributed by atoms with Gasteiger partial charge in [0, 0.05) is 17.6 Å². The summed E-state index contributed by atoms with van der Waals surface area (Å²) >= 11 is 0. The molecule has 0 radical (unpaired) electrons. The fourth-order valence-corrected chi connectivity index (χ4v) is 2.47. The Balaban J connectivity index is 2.17. The highest BCUT2D eigenvalue weighted by atomic mass is 19.1. The van der Waals surface area contributed by atoms with Crippen molar-refractivity contribution in [2.75, 3.05) is 6.54 Å². The molecule has 1 aromatic carbocycles. The predicted molar refractivity (Wildman–Crippen MR) is 67.1 cm³/mol. The Labute approximate surface area is 106 Å². The van der Waals surface area contributed by atoms with Gasteiger partial charge in [-0.15, -0.1) is 0 Å². The average molecular weight is 251 g/mol. The van der Waals surface area contributed by atoms with E-state index < -0.39 is 11.8 Å². The van der Waals surface area contributed by atoms with Crippen LogP contribution in [0.25, 0.3) is 0 Å². The summed E-state index contributed by atoms with van der Waals surface area (Å²) in [7, 11) is 0. The van der Waals surface area contributed by atoms with Crippen molar-refractivity contribution in [3.05, 3.63) is 35.1 Å². The Morgan fingerprint density at radius 3 is 2.72 bits per heavy atom. The van der Waals surface area contributed by atoms with E-state index in [1.54, 1.807) is 6.07 Å². The van der Waals surface area contributed by atoms with Crippen LogP contribution in [0.4, 0.5) is 4.39 Å². The number of likely N-dealkylation sites (tertiary alicyclic amines) is 1. The minimum Gasteiger partial charge on any atom is -0.478 e. The molecule has 1 heterocycles. The Morgan fingerprint density at radius 2 is 2.22 bits per heavy atom. The van der Waals surface area contributed by atoms with Crippen LogP contribution in [0.3, 0.4) is 0 Å². The van der Waals surface area contributed by atoms with Crippen molar-refractivity contribution in [3.63, 3.8) is 0 Å². The number of halogens is 1. The molecule has 0 bridgehead atoms. The molecule has 0 unspecified atom stereocenters. The summed E-state index contributed by atoms with van der Waals surface area (Å²) in [5.74, 6) is -1.53. The summed E-state index contributed by atoms with van der Waals surface area (Å²) in [6.45, 7) is 5.82. The van der Waals surface area contributed by atoms with E-state index >= 15 is 0 Å². The molecule has 1 aromatic rings. The molecule has 18 heavy (non-hydrogen) atoms. The number of nitrogens with zero attached hydrogens (tertiary/aromatic N) is 1. The number of benzene rings is 1. The zero-order valence-corrected chi connectivity index (χ0v) is 10.7. The number of carboxylic acids is 1. The molecule has 0 saturated carbocycles. The maximum Gasteiger partial charge on any atom is 0.335 e. The molecule has 1 aliphatic heterocycles. The molecule has 3 nitrogen and oxygen atoms in total. The Kier molecular flexibility index (Phi) is 3.39. The van der Waals surface area contributed by atoms with E-state index in [1.165, 1.54) is 6.07 Å². The lowest BCUT2D eigenvalue weighted by Crippen LogP contribution is -2.37. The molecule has 0 amide bonds. The number of carbonyl (C=O) groups is 1. The number of carboxylic acid groups (broad SMARTS) is 1. The van der Waals surface area contributed by atoms with Crippen LogP contribution in [0.2, 0.25) is 0 Å². The van der Waals surface area contributed by atoms with Crippen LogP contribution in [-0.4, -0.2) is 28.1 Å². The van der Waals surface area contributed by atoms with Gasteiger partial charge >= 0.3 is 5.97 Å². The summed E-state index contributed by atoms with van der Waals surface area (Å²) in [6, 6.07) is 4.14. The number of hydrogen-bond donors (Lipinski definition) is 1. The van der Waals surface area contributed by atoms with Crippen molar-refractivity contribution in [3.8, 4) is 0 Å². The topological polar surface area (TPSA) is 40.5 Å². The van der Waals surface area contributed by atoms with Gasteiger partial charge in [-0.25, -0.2) is 9.18 Å². The van der Waals surface area contributed by atoms with E-state index in [0.29, 0.717) is 12.1 Å². The third-order valence-electron chi connectivity index (χ3n) is 3.73. The lowest BCUT2D eigenvalue weighted by Gasteiger charge is -2.31. The molecule has 0 aromatic heterocycles. The Morgan fingerprint density at radius 1 is 1.50 bits per heavy atom. The second-order valence-corrected chi connectivity index (χ2v) is 5.45. The standard InChI is InChI=1S/C14H18FNO2/c1-14(2)6-3-7-16(14)9-11-5-4-10(13(17)18)8-12(11)15/h4-5,8H,3,6-7,9H2,1-2H3,(H,17,18). The molecule has 1 aliphatic rings. The molecule has 0 spiro atoms. The molecular formula is C14H18FNO2. The minimum absolute atomic E-state index is 0.00284. The molecule has 4 heteroatoms. The van der Waals surface area contributed by atoms with Crippen LogP contribution in [0.1, 0.15) is 42.6 Å². The fourth-order valence-electron chi connectivity index (χ4n) is 2.47. The number of aromatic carboxylic acids is 1. The predicted octanol–water partition coefficient (Wildman–Crippen LogP) is 2.90. The second kappa shape index (κ2) is 4.69. The highest BCUT2D eigenvalue weighted by molar-refractivity contribution is 5.87. The lowest BCUT2D eigenvalue weighted by atomic mass is 10.0. The summed E-state index contributed by atoms with van der Waals surface area (Å²) in [4.78, 5) is 13.0. The molecule has 98 valence electrons. The summed E-state index contributed by atoms with van der Waals surface area (Å²) < 4.78 is 13.8. The normalized spacial score (nSPS) is 19.1. The quantitative estimate of drug-likeness (QED) is 0.898. The van der Waals surface area contributed by atoms with E-state index in [0.717, 1.165) is 25.5 Å². The first kappa shape index (κ1) is 13.0. The van der Waals surface area contributed by atoms with Crippen LogP contribution < -0.4 is 0 Å². The van der Waals surface area contributed by atoms with Crippen molar-refractivity contribution in [2.45, 2.75) is 38.8 Å². The lowest BCUT2D eigenvalue weighted by molar-refractivity contribution is 0.0696. The summed E-state index contributed by atoms with van der Waals surface area (Å²) in [6.07, 6.45) is 2.24. The van der Waals surface area contributed by atoms with Gasteiger partial charge in [0.15, 0.2) is 0 Å². The van der Waals surface area contributed by atoms with E-state index in [1.807, 2.05) is 0 Å². The summed E-state index contributed by atoms with van der Waals surface area (Å²) in [5, 5.41) is 8.79. The number of rotatable bonds is 3. The van der Waals surface area contributed by atoms with Crippen molar-refractivity contribution in [1.29, 1.82) is 0 Å². The van der Waals surface area contributed by atoms with Crippen molar-refractivity contribution < 1.29 is 14.3 Å². The highest BCUT2D eigenvalue weighted by Gasteiger charge is 2.32. The van der Waals surface area contributed by atoms with Gasteiger partial charge in [-0.2, -0.15) is 0 Å². The van der Waals surface area contributed by atoms with Crippen molar-refractivity contribution in [1.82, 2.24) is 4.90 Å². The van der Waals surface area contributed by atoms with E-state index in [-0.39, 0.29) is 11.1 Å². The van der Waals surface area contributed by atoms with Crippen LogP contribution in [0.15, 0.2) is 18.2 Å². The smallest absolute Gasteiger partial charge is 0.335 e. The second-order valence-electron chi connectivity index (χ2n) is 5.45. The van der Waals surface area contributed by atoms with Gasteiger partial charge in [0.05, 0.1) is 5.56 Å². The van der Waals surface area contributed by atoms with Gasteiger partial charge in [0.2, 0.25) is 0 Å². The largest absolute Gasteiger partial charge is 0.478 e. The van der Waals surface area contributed by atoms with Crippen LogP contribution in [0, 0.1) is 5.82 Å². The summed E-state index contributed by atoms with van der Waals surface area (Å²) in [5.41, 5.74) is 0.657. The van der Waals surface area contributed by atoms with Gasteiger partial charge in [-0.05, 0) is 45.4 Å². The van der Waals surface area contributed by atoms with E-state index in [4.69, 9.17) is 5.11 Å². The van der Waals surface area contributed by atoms with Gasteiger partial charge in [0.25, 0.3) is 0 Å². The van der Waals surface area contributed by atoms with Gasteiger partial charge in [0.1, 0.15) is 5.82 Å². The SMILES string of the molecule is CC1(C)CCCN1Cc1ccc(C(=O)O)cc1F. The molecule has 0 aliphatic carbocycles. The van der Waals surface area contributed by atoms with E-state index in [2.05, 4.69) is 18.7 Å². The van der Waals surface area contributed by atoms with Crippen LogP contribution in [-0.2, 0) is 6.54 Å². The molecule has 1 saturated heterocycles. The van der Waals surface area contributed by atoms with Crippen LogP contribution in [0.5, 0.6) is 0 Å². The highest BCUT2D eigenvalue weighted by Crippen LogP contribution is 2.30. The minimum atomic E-state index is -1.10. The average Bonchev–Trinajstić information content (AvgIpc) is 2.61. The zero-order valence-electron chi connectivity index (χ0n) is 10.7.